The zero-order valence-corrected chi connectivity index (χ0v) is 11.7. The van der Waals surface area contributed by atoms with Gasteiger partial charge in [0.25, 0.3) is 0 Å². The van der Waals surface area contributed by atoms with Crippen molar-refractivity contribution in [1.29, 1.82) is 0 Å². The van der Waals surface area contributed by atoms with Crippen molar-refractivity contribution in [3.05, 3.63) is 20.8 Å². The van der Waals surface area contributed by atoms with Crippen LogP contribution in [0.15, 0.2) is 15.9 Å². The molecule has 1 aromatic rings. The molecule has 1 aromatic heterocycles. The number of hydrogen-bond donors (Lipinski definition) is 0. The molecule has 0 fully saturated rings. The summed E-state index contributed by atoms with van der Waals surface area (Å²) in [6.45, 7) is 6.99. The molecular weight excluding hydrogens is 256 g/mol. The molecule has 0 aliphatic rings. The van der Waals surface area contributed by atoms with Gasteiger partial charge in [-0.25, -0.2) is 0 Å². The Morgan fingerprint density at radius 2 is 2.14 bits per heavy atom. The molecule has 80 valence electrons. The average Bonchev–Trinajstić information content (AvgIpc) is 2.51. The highest BCUT2D eigenvalue weighted by molar-refractivity contribution is 9.10. The minimum atomic E-state index is 0.499. The molecule has 0 aromatic carbocycles. The summed E-state index contributed by atoms with van der Waals surface area (Å²) < 4.78 is 1.23. The Bertz CT molecular complexity index is 280. The third-order valence-corrected chi connectivity index (χ3v) is 4.63. The lowest BCUT2D eigenvalue weighted by molar-refractivity contribution is 0.281. The second-order valence-electron chi connectivity index (χ2n) is 4.32. The Morgan fingerprint density at radius 3 is 2.57 bits per heavy atom. The van der Waals surface area contributed by atoms with Gasteiger partial charge >= 0.3 is 0 Å². The van der Waals surface area contributed by atoms with Gasteiger partial charge in [0.2, 0.25) is 0 Å². The van der Waals surface area contributed by atoms with Gasteiger partial charge in [0.15, 0.2) is 0 Å². The predicted octanol–water partition coefficient (Wildman–Crippen LogP) is 5.27. The monoisotopic (exact) mass is 274 g/mol. The van der Waals surface area contributed by atoms with Crippen molar-refractivity contribution in [2.45, 2.75) is 46.5 Å². The van der Waals surface area contributed by atoms with Gasteiger partial charge in [-0.2, -0.15) is 0 Å². The summed E-state index contributed by atoms with van der Waals surface area (Å²) in [6, 6.07) is 2.26. The van der Waals surface area contributed by atoms with E-state index in [1.165, 1.54) is 35.0 Å². The first-order valence-electron chi connectivity index (χ1n) is 5.32. The molecule has 1 atom stereocenters. The minimum absolute atomic E-state index is 0.499. The molecule has 0 amide bonds. The maximum Gasteiger partial charge on any atom is 0.0285 e. The maximum absolute atomic E-state index is 3.51. The highest BCUT2D eigenvalue weighted by atomic mass is 79.9. The molecule has 0 saturated heterocycles. The number of halogens is 1. The van der Waals surface area contributed by atoms with Crippen LogP contribution in [0.1, 0.15) is 44.9 Å². The van der Waals surface area contributed by atoms with Gasteiger partial charge in [0.05, 0.1) is 0 Å². The fraction of sp³-hybridized carbons (Fsp3) is 0.667. The van der Waals surface area contributed by atoms with Crippen LogP contribution in [-0.4, -0.2) is 0 Å². The molecule has 0 N–H and O–H groups in total. The molecule has 0 saturated carbocycles. The van der Waals surface area contributed by atoms with Gasteiger partial charge in [-0.15, -0.1) is 11.3 Å². The van der Waals surface area contributed by atoms with Crippen molar-refractivity contribution in [3.8, 4) is 0 Å². The number of hydrogen-bond acceptors (Lipinski definition) is 1. The van der Waals surface area contributed by atoms with E-state index >= 15 is 0 Å². The Labute approximate surface area is 99.9 Å². The fourth-order valence-corrected chi connectivity index (χ4v) is 3.53. The van der Waals surface area contributed by atoms with Crippen molar-refractivity contribution in [2.24, 2.45) is 5.41 Å². The highest BCUT2D eigenvalue weighted by Crippen LogP contribution is 2.34. The van der Waals surface area contributed by atoms with Crippen molar-refractivity contribution in [3.63, 3.8) is 0 Å². The van der Waals surface area contributed by atoms with Crippen LogP contribution in [0.25, 0.3) is 0 Å². The van der Waals surface area contributed by atoms with Gasteiger partial charge in [-0.05, 0) is 40.3 Å². The molecule has 0 bridgehead atoms. The van der Waals surface area contributed by atoms with Crippen LogP contribution < -0.4 is 0 Å². The quantitative estimate of drug-likeness (QED) is 0.686. The van der Waals surface area contributed by atoms with Gasteiger partial charge in [0, 0.05) is 14.7 Å². The summed E-state index contributed by atoms with van der Waals surface area (Å²) >= 11 is 5.38. The third-order valence-electron chi connectivity index (χ3n) is 2.93. The van der Waals surface area contributed by atoms with Crippen molar-refractivity contribution in [1.82, 2.24) is 0 Å². The zero-order chi connectivity index (χ0) is 10.6. The van der Waals surface area contributed by atoms with E-state index in [9.17, 15) is 0 Å². The molecule has 0 radical (unpaired) electrons. The summed E-state index contributed by atoms with van der Waals surface area (Å²) in [4.78, 5) is 1.51. The Balaban J connectivity index is 2.64. The molecule has 1 unspecified atom stereocenters. The Morgan fingerprint density at radius 1 is 1.43 bits per heavy atom. The summed E-state index contributed by atoms with van der Waals surface area (Å²) in [5.41, 5.74) is 0.499. The maximum atomic E-state index is 3.51. The van der Waals surface area contributed by atoms with Gasteiger partial charge < -0.3 is 0 Å². The van der Waals surface area contributed by atoms with Crippen LogP contribution in [0.4, 0.5) is 0 Å². The van der Waals surface area contributed by atoms with E-state index in [0.29, 0.717) is 5.41 Å². The van der Waals surface area contributed by atoms with Crippen LogP contribution in [0.3, 0.4) is 0 Å². The highest BCUT2D eigenvalue weighted by Gasteiger charge is 2.21. The standard InChI is InChI=1S/C12H19BrS/c1-4-6-12(3,5-2)8-11-7-10(13)9-14-11/h7,9H,4-6,8H2,1-3H3. The summed E-state index contributed by atoms with van der Waals surface area (Å²) in [5, 5.41) is 2.18. The second-order valence-corrected chi connectivity index (χ2v) is 6.23. The van der Waals surface area contributed by atoms with Crippen molar-refractivity contribution in [2.75, 3.05) is 0 Å². The summed E-state index contributed by atoms with van der Waals surface area (Å²) in [7, 11) is 0. The lowest BCUT2D eigenvalue weighted by atomic mass is 9.79. The van der Waals surface area contributed by atoms with Crippen molar-refractivity contribution < 1.29 is 0 Å². The first kappa shape index (κ1) is 12.3. The largest absolute Gasteiger partial charge is 0.148 e. The van der Waals surface area contributed by atoms with Gasteiger partial charge in [-0.3, -0.25) is 0 Å². The normalized spacial score (nSPS) is 15.4. The van der Waals surface area contributed by atoms with E-state index < -0.39 is 0 Å². The molecular formula is C12H19BrS. The molecule has 1 rings (SSSR count). The van der Waals surface area contributed by atoms with E-state index in [2.05, 4.69) is 48.1 Å². The fourth-order valence-electron chi connectivity index (χ4n) is 1.86. The van der Waals surface area contributed by atoms with E-state index in [0.717, 1.165) is 0 Å². The van der Waals surface area contributed by atoms with E-state index in [1.807, 2.05) is 11.3 Å². The Kier molecular flexibility index (Phi) is 4.65. The van der Waals surface area contributed by atoms with Gasteiger partial charge in [0.1, 0.15) is 0 Å². The number of rotatable bonds is 5. The molecule has 0 spiro atoms. The van der Waals surface area contributed by atoms with Crippen LogP contribution in [0.5, 0.6) is 0 Å². The van der Waals surface area contributed by atoms with E-state index in [-0.39, 0.29) is 0 Å². The van der Waals surface area contributed by atoms with Crippen LogP contribution in [0.2, 0.25) is 0 Å². The topological polar surface area (TPSA) is 0 Å². The molecule has 0 aliphatic carbocycles. The molecule has 0 aliphatic heterocycles. The first-order chi connectivity index (χ1) is 6.59. The lowest BCUT2D eigenvalue weighted by Gasteiger charge is -2.27. The van der Waals surface area contributed by atoms with E-state index in [4.69, 9.17) is 0 Å². The summed E-state index contributed by atoms with van der Waals surface area (Å²) in [5.74, 6) is 0. The van der Waals surface area contributed by atoms with E-state index in [1.54, 1.807) is 0 Å². The summed E-state index contributed by atoms with van der Waals surface area (Å²) in [6.07, 6.45) is 5.12. The van der Waals surface area contributed by atoms with Crippen molar-refractivity contribution >= 4 is 27.3 Å². The minimum Gasteiger partial charge on any atom is -0.148 e. The third kappa shape index (κ3) is 3.39. The predicted molar refractivity (Wildman–Crippen MR) is 69.0 cm³/mol. The number of thiophene rings is 1. The average molecular weight is 275 g/mol. The lowest BCUT2D eigenvalue weighted by Crippen LogP contribution is -2.17. The zero-order valence-electron chi connectivity index (χ0n) is 9.27. The SMILES string of the molecule is CCCC(C)(CC)Cc1cc(Br)cs1. The van der Waals surface area contributed by atoms with Gasteiger partial charge in [-0.1, -0.05) is 33.6 Å². The molecule has 0 nitrogen and oxygen atoms in total. The molecule has 2 heteroatoms. The smallest absolute Gasteiger partial charge is 0.0285 e. The second kappa shape index (κ2) is 5.32. The van der Waals surface area contributed by atoms with Crippen LogP contribution >= 0.6 is 27.3 Å². The molecule has 14 heavy (non-hydrogen) atoms. The first-order valence-corrected chi connectivity index (χ1v) is 7.00. The van der Waals surface area contributed by atoms with Crippen LogP contribution in [0, 0.1) is 5.41 Å². The van der Waals surface area contributed by atoms with Crippen LogP contribution in [-0.2, 0) is 6.42 Å². The molecule has 1 heterocycles. The Hall–Kier alpha value is 0.180.